The largest absolute Gasteiger partial charge is 0.459 e. The van der Waals surface area contributed by atoms with Crippen LogP contribution in [0.5, 0.6) is 0 Å². The fourth-order valence-corrected chi connectivity index (χ4v) is 6.25. The van der Waals surface area contributed by atoms with Crippen molar-refractivity contribution in [1.29, 1.82) is 0 Å². The lowest BCUT2D eigenvalue weighted by molar-refractivity contribution is -0.140. The molecule has 1 aromatic heterocycles. The third-order valence-corrected chi connectivity index (χ3v) is 7.65. The van der Waals surface area contributed by atoms with E-state index >= 15 is 0 Å². The van der Waals surface area contributed by atoms with E-state index in [1.54, 1.807) is 13.2 Å². The van der Waals surface area contributed by atoms with E-state index in [0.29, 0.717) is 43.8 Å². The molecule has 36 heavy (non-hydrogen) atoms. The van der Waals surface area contributed by atoms with Crippen molar-refractivity contribution in [2.45, 2.75) is 71.4 Å². The molecule has 0 saturated carbocycles. The summed E-state index contributed by atoms with van der Waals surface area (Å²) in [5.41, 5.74) is 3.26. The van der Waals surface area contributed by atoms with Crippen LogP contribution in [0.1, 0.15) is 63.9 Å². The van der Waals surface area contributed by atoms with Gasteiger partial charge in [0.05, 0.1) is 24.5 Å². The highest BCUT2D eigenvalue weighted by Gasteiger charge is 2.57. The number of fused-ring (bicyclic) bond motifs is 3. The molecule has 8 nitrogen and oxygen atoms in total. The quantitative estimate of drug-likeness (QED) is 0.272. The molecule has 4 rings (SSSR count). The van der Waals surface area contributed by atoms with Gasteiger partial charge in [0.15, 0.2) is 0 Å². The number of hydrogen-bond acceptors (Lipinski definition) is 7. The Morgan fingerprint density at radius 2 is 2.00 bits per heavy atom. The number of carbonyl (C=O) groups excluding carboxylic acids is 2. The van der Waals surface area contributed by atoms with Crippen LogP contribution in [0, 0.1) is 17.8 Å². The molecule has 1 aliphatic carbocycles. The molecule has 196 valence electrons. The Morgan fingerprint density at radius 3 is 2.67 bits per heavy atom. The van der Waals surface area contributed by atoms with Crippen LogP contribution >= 0.6 is 0 Å². The summed E-state index contributed by atoms with van der Waals surface area (Å²) < 4.78 is 17.2. The number of ether oxygens (including phenoxy) is 1. The minimum Gasteiger partial charge on any atom is -0.459 e. The highest BCUT2D eigenvalue weighted by molar-refractivity contribution is 6.43. The lowest BCUT2D eigenvalue weighted by atomic mass is 9.58. The first-order valence-electron chi connectivity index (χ1n) is 13.2. The monoisotopic (exact) mass is 499 g/mol. The molecular weight excluding hydrogens is 461 g/mol. The molecule has 2 N–H and O–H groups in total. The number of carbonyl (C=O) groups is 2. The average molecular weight is 499 g/mol. The fourth-order valence-electron chi connectivity index (χ4n) is 6.25. The van der Waals surface area contributed by atoms with Crippen molar-refractivity contribution in [2.75, 3.05) is 20.3 Å². The molecule has 0 unspecified atom stereocenters. The van der Waals surface area contributed by atoms with Crippen molar-refractivity contribution in [3.63, 3.8) is 0 Å². The number of aliphatic hydroxyl groups is 1. The van der Waals surface area contributed by atoms with Crippen LogP contribution in [0.3, 0.4) is 0 Å². The Hall–Kier alpha value is -2.20. The highest BCUT2D eigenvalue weighted by atomic mass is 16.5. The topological polar surface area (TPSA) is 109 Å². The van der Waals surface area contributed by atoms with Crippen LogP contribution in [0.15, 0.2) is 33.3 Å². The number of allylic oxidation sites excluding steroid dienone is 1. The lowest BCUT2D eigenvalue weighted by Crippen LogP contribution is -2.46. The van der Waals surface area contributed by atoms with E-state index < -0.39 is 13.0 Å². The molecule has 4 atom stereocenters. The Labute approximate surface area is 213 Å². The molecule has 3 heterocycles. The molecular formula is C27H38BNO7. The second kappa shape index (κ2) is 11.9. The van der Waals surface area contributed by atoms with E-state index in [1.807, 2.05) is 19.1 Å². The molecule has 0 bridgehead atoms. The van der Waals surface area contributed by atoms with E-state index in [-0.39, 0.29) is 36.4 Å². The smallest absolute Gasteiger partial charge is 0.455 e. The summed E-state index contributed by atoms with van der Waals surface area (Å²) in [6, 6.07) is 3.62. The minimum atomic E-state index is -0.981. The maximum atomic E-state index is 13.3. The van der Waals surface area contributed by atoms with Crippen molar-refractivity contribution in [3.8, 4) is 0 Å². The van der Waals surface area contributed by atoms with E-state index in [2.05, 4.69) is 6.92 Å². The van der Waals surface area contributed by atoms with Crippen LogP contribution in [0.4, 0.5) is 0 Å². The number of hydrogen-bond donors (Lipinski definition) is 2. The first-order valence-corrected chi connectivity index (χ1v) is 13.2. The molecule has 2 amide bonds. The Bertz CT molecular complexity index is 1020. The van der Waals surface area contributed by atoms with E-state index in [0.717, 1.165) is 36.8 Å². The lowest BCUT2D eigenvalue weighted by Gasteiger charge is -2.43. The predicted octanol–water partition coefficient (Wildman–Crippen LogP) is 3.59. The molecule has 1 aromatic rings. The zero-order chi connectivity index (χ0) is 25.8. The second-order valence-corrected chi connectivity index (χ2v) is 10.1. The summed E-state index contributed by atoms with van der Waals surface area (Å²) in [5, 5.41) is 20.0. The third-order valence-electron chi connectivity index (χ3n) is 7.65. The summed E-state index contributed by atoms with van der Waals surface area (Å²) in [5.74, 6) is -0.0190. The van der Waals surface area contributed by atoms with Crippen LogP contribution in [0.2, 0.25) is 6.32 Å². The fraction of sp³-hybridized carbons (Fsp3) is 0.630. The number of nitrogens with zero attached hydrogens (tertiary/aromatic N) is 1. The van der Waals surface area contributed by atoms with Gasteiger partial charge in [-0.05, 0) is 73.7 Å². The van der Waals surface area contributed by atoms with Gasteiger partial charge in [0, 0.05) is 13.7 Å². The average Bonchev–Trinajstić information content (AvgIpc) is 3.40. The molecule has 2 fully saturated rings. The molecule has 0 radical (unpaired) electrons. The summed E-state index contributed by atoms with van der Waals surface area (Å²) in [7, 11) is 0.657. The van der Waals surface area contributed by atoms with Gasteiger partial charge in [-0.2, -0.15) is 0 Å². The zero-order valence-electron chi connectivity index (χ0n) is 21.6. The second-order valence-electron chi connectivity index (χ2n) is 10.1. The summed E-state index contributed by atoms with van der Waals surface area (Å²) in [6.07, 6.45) is 6.45. The zero-order valence-corrected chi connectivity index (χ0v) is 21.6. The van der Waals surface area contributed by atoms with E-state index in [4.69, 9.17) is 13.8 Å². The van der Waals surface area contributed by atoms with Gasteiger partial charge in [0.25, 0.3) is 0 Å². The predicted molar refractivity (Wildman–Crippen MR) is 135 cm³/mol. The first kappa shape index (κ1) is 26.9. The van der Waals surface area contributed by atoms with E-state index in [9.17, 15) is 19.7 Å². The molecule has 2 aliphatic heterocycles. The molecule has 2 saturated heterocycles. The van der Waals surface area contributed by atoms with Crippen LogP contribution in [0.25, 0.3) is 6.08 Å². The SMILES string of the molecule is CCC/C(=C\c1ccc(CO)o1)CC[C@H]1OB(O)C[C@H]2C1=C(COC)C[C@H]1C(=O)N(CCC)C(=O)[C@H]12. The Kier molecular flexibility index (Phi) is 8.88. The number of likely N-dealkylation sites (tertiary alicyclic amines) is 1. The number of furan rings is 1. The summed E-state index contributed by atoms with van der Waals surface area (Å²) in [6.45, 7) is 4.77. The van der Waals surface area contributed by atoms with Gasteiger partial charge in [-0.1, -0.05) is 25.8 Å². The Balaban J connectivity index is 1.60. The Morgan fingerprint density at radius 1 is 1.19 bits per heavy atom. The van der Waals surface area contributed by atoms with Crippen LogP contribution in [-0.2, 0) is 25.6 Å². The van der Waals surface area contributed by atoms with Gasteiger partial charge in [-0.25, -0.2) is 0 Å². The first-order chi connectivity index (χ1) is 17.4. The molecule has 0 aromatic carbocycles. The minimum absolute atomic E-state index is 0.0918. The van der Waals surface area contributed by atoms with Gasteiger partial charge in [-0.15, -0.1) is 0 Å². The van der Waals surface area contributed by atoms with Crippen molar-refractivity contribution in [3.05, 3.63) is 40.4 Å². The van der Waals surface area contributed by atoms with Crippen LogP contribution < -0.4 is 0 Å². The molecule has 0 spiro atoms. The van der Waals surface area contributed by atoms with Gasteiger partial charge < -0.3 is 23.9 Å². The maximum absolute atomic E-state index is 13.3. The number of rotatable bonds is 11. The number of amides is 2. The molecule has 9 heteroatoms. The summed E-state index contributed by atoms with van der Waals surface area (Å²) >= 11 is 0. The number of aliphatic hydroxyl groups excluding tert-OH is 1. The van der Waals surface area contributed by atoms with Crippen molar-refractivity contribution >= 4 is 25.0 Å². The standard InChI is InChI=1S/C27H38BNO7/c1-4-6-17(12-19-8-9-20(15-30)35-19)7-10-23-24-18(16-34-3)13-21-25(22(24)14-28(33)36-23)27(32)29(11-5-2)26(21)31/h8-9,12,21-23,25,30,33H,4-7,10-11,13-16H2,1-3H3/b17-12+/t21-,22+,23-,25-/m1/s1. The summed E-state index contributed by atoms with van der Waals surface area (Å²) in [4.78, 5) is 27.9. The third kappa shape index (κ3) is 5.39. The van der Waals surface area contributed by atoms with Crippen molar-refractivity contribution < 1.29 is 33.5 Å². The van der Waals surface area contributed by atoms with Gasteiger partial charge in [0.2, 0.25) is 11.8 Å². The van der Waals surface area contributed by atoms with Crippen LogP contribution in [-0.4, -0.2) is 60.3 Å². The molecule has 3 aliphatic rings. The normalized spacial score (nSPS) is 26.6. The van der Waals surface area contributed by atoms with Gasteiger partial charge in [0.1, 0.15) is 18.1 Å². The van der Waals surface area contributed by atoms with Gasteiger partial charge >= 0.3 is 7.12 Å². The number of methoxy groups -OCH3 is 1. The van der Waals surface area contributed by atoms with E-state index in [1.165, 1.54) is 10.5 Å². The van der Waals surface area contributed by atoms with Gasteiger partial charge in [-0.3, -0.25) is 14.5 Å². The van der Waals surface area contributed by atoms with Crippen molar-refractivity contribution in [1.82, 2.24) is 4.90 Å². The highest BCUT2D eigenvalue weighted by Crippen LogP contribution is 2.50. The van der Waals surface area contributed by atoms with Crippen molar-refractivity contribution in [2.24, 2.45) is 17.8 Å². The number of imide groups is 1. The maximum Gasteiger partial charge on any atom is 0.455 e.